The summed E-state index contributed by atoms with van der Waals surface area (Å²) in [5.74, 6) is 0.591. The van der Waals surface area contributed by atoms with Gasteiger partial charge in [-0.3, -0.25) is 4.79 Å². The molecule has 6 heteroatoms. The molecule has 1 aliphatic carbocycles. The van der Waals surface area contributed by atoms with E-state index in [0.29, 0.717) is 42.9 Å². The van der Waals surface area contributed by atoms with E-state index in [2.05, 4.69) is 17.0 Å². The summed E-state index contributed by atoms with van der Waals surface area (Å²) in [4.78, 5) is 12.2. The number of rotatable bonds is 8. The predicted octanol–water partition coefficient (Wildman–Crippen LogP) is 2.31. The number of anilines is 1. The third kappa shape index (κ3) is 4.35. The fourth-order valence-corrected chi connectivity index (χ4v) is 1.99. The molecule has 2 rings (SSSR count). The lowest BCUT2D eigenvalue weighted by Gasteiger charge is -2.10. The van der Waals surface area contributed by atoms with Gasteiger partial charge >= 0.3 is 0 Å². The van der Waals surface area contributed by atoms with E-state index in [9.17, 15) is 4.79 Å². The highest BCUT2D eigenvalue weighted by molar-refractivity contribution is 6.32. The molecule has 0 bridgehead atoms. The quantitative estimate of drug-likeness (QED) is 0.591. The van der Waals surface area contributed by atoms with Crippen LogP contribution in [0.2, 0.25) is 5.02 Å². The van der Waals surface area contributed by atoms with Crippen LogP contribution in [0.25, 0.3) is 0 Å². The van der Waals surface area contributed by atoms with Gasteiger partial charge in [-0.2, -0.15) is 5.10 Å². The zero-order valence-electron chi connectivity index (χ0n) is 11.7. The molecule has 0 radical (unpaired) electrons. The minimum absolute atomic E-state index is 0.163. The molecule has 1 heterocycles. The molecule has 0 saturated heterocycles. The Morgan fingerprint density at radius 2 is 2.40 bits per heavy atom. The highest BCUT2D eigenvalue weighted by Gasteiger charge is 2.23. The van der Waals surface area contributed by atoms with Crippen molar-refractivity contribution in [3.05, 3.63) is 33.7 Å². The average molecular weight is 298 g/mol. The Morgan fingerprint density at radius 1 is 1.65 bits per heavy atom. The van der Waals surface area contributed by atoms with E-state index in [4.69, 9.17) is 16.3 Å². The van der Waals surface area contributed by atoms with Crippen molar-refractivity contribution in [3.63, 3.8) is 0 Å². The minimum atomic E-state index is -0.163. The minimum Gasteiger partial charge on any atom is -0.377 e. The van der Waals surface area contributed by atoms with Gasteiger partial charge in [-0.15, -0.1) is 0 Å². The topological polar surface area (TPSA) is 56.1 Å². The normalized spacial score (nSPS) is 14.3. The second-order valence-electron chi connectivity index (χ2n) is 5.23. The van der Waals surface area contributed by atoms with Crippen LogP contribution in [0.4, 0.5) is 5.69 Å². The van der Waals surface area contributed by atoms with Crippen molar-refractivity contribution in [1.29, 1.82) is 0 Å². The van der Waals surface area contributed by atoms with Gasteiger partial charge in [-0.25, -0.2) is 4.68 Å². The molecule has 1 aromatic heterocycles. The summed E-state index contributed by atoms with van der Waals surface area (Å²) in [6.45, 7) is 7.88. The smallest absolute Gasteiger partial charge is 0.291 e. The van der Waals surface area contributed by atoms with Crippen LogP contribution in [0.5, 0.6) is 0 Å². The fraction of sp³-hybridized carbons (Fsp3) is 0.571. The van der Waals surface area contributed by atoms with Gasteiger partial charge in [0.1, 0.15) is 5.69 Å². The van der Waals surface area contributed by atoms with Crippen molar-refractivity contribution in [2.45, 2.75) is 26.3 Å². The first-order valence-electron chi connectivity index (χ1n) is 6.79. The van der Waals surface area contributed by atoms with Crippen LogP contribution in [-0.2, 0) is 11.3 Å². The van der Waals surface area contributed by atoms with Gasteiger partial charge in [0.25, 0.3) is 5.56 Å². The van der Waals surface area contributed by atoms with Crippen LogP contribution >= 0.6 is 11.6 Å². The van der Waals surface area contributed by atoms with Crippen molar-refractivity contribution >= 4 is 17.3 Å². The first kappa shape index (κ1) is 15.1. The zero-order valence-corrected chi connectivity index (χ0v) is 12.4. The Balaban J connectivity index is 1.92. The fourth-order valence-electron chi connectivity index (χ4n) is 1.80. The third-order valence-electron chi connectivity index (χ3n) is 3.02. The molecule has 0 aliphatic heterocycles. The lowest BCUT2D eigenvalue weighted by Crippen LogP contribution is -2.27. The van der Waals surface area contributed by atoms with Crippen LogP contribution in [-0.4, -0.2) is 29.5 Å². The molecule has 110 valence electrons. The Kier molecular flexibility index (Phi) is 5.20. The van der Waals surface area contributed by atoms with Gasteiger partial charge < -0.3 is 10.1 Å². The molecule has 1 N–H and O–H groups in total. The third-order valence-corrected chi connectivity index (χ3v) is 3.31. The van der Waals surface area contributed by atoms with Crippen LogP contribution < -0.4 is 10.9 Å². The lowest BCUT2D eigenvalue weighted by molar-refractivity contribution is 0.167. The number of nitrogens with zero attached hydrogens (tertiary/aromatic N) is 2. The molecule has 0 spiro atoms. The van der Waals surface area contributed by atoms with E-state index in [0.717, 1.165) is 5.57 Å². The Morgan fingerprint density at radius 3 is 3.05 bits per heavy atom. The summed E-state index contributed by atoms with van der Waals surface area (Å²) < 4.78 is 6.86. The standard InChI is InChI=1S/C14H20ClN3O2/c1-10(2)9-20-6-5-16-13-12(15)7-17-18(14(13)19)8-11-3-4-11/h7,11,16H,1,3-6,8-9H2,2H3. The van der Waals surface area contributed by atoms with Gasteiger partial charge in [0.05, 0.1) is 24.4 Å². The first-order chi connectivity index (χ1) is 9.58. The number of hydrogen-bond acceptors (Lipinski definition) is 4. The molecule has 1 aliphatic rings. The molecule has 1 aromatic rings. The SMILES string of the molecule is C=C(C)COCCNc1c(Cl)cnn(CC2CC2)c1=O. The number of ether oxygens (including phenoxy) is 1. The molecule has 1 saturated carbocycles. The van der Waals surface area contributed by atoms with Crippen molar-refractivity contribution < 1.29 is 4.74 Å². The first-order valence-corrected chi connectivity index (χ1v) is 7.17. The molecule has 0 unspecified atom stereocenters. The lowest BCUT2D eigenvalue weighted by atomic mass is 10.4. The van der Waals surface area contributed by atoms with Crippen LogP contribution in [0.15, 0.2) is 23.1 Å². The van der Waals surface area contributed by atoms with E-state index in [1.54, 1.807) is 0 Å². The summed E-state index contributed by atoms with van der Waals surface area (Å²) in [6.07, 6.45) is 3.87. The zero-order chi connectivity index (χ0) is 14.5. The summed E-state index contributed by atoms with van der Waals surface area (Å²) in [5, 5.41) is 7.45. The van der Waals surface area contributed by atoms with Crippen molar-refractivity contribution in [1.82, 2.24) is 9.78 Å². The van der Waals surface area contributed by atoms with Crippen LogP contribution in [0, 0.1) is 5.92 Å². The summed E-state index contributed by atoms with van der Waals surface area (Å²) in [6, 6.07) is 0. The van der Waals surface area contributed by atoms with Crippen LogP contribution in [0.3, 0.4) is 0 Å². The highest BCUT2D eigenvalue weighted by atomic mass is 35.5. The molecule has 0 aromatic carbocycles. The molecule has 0 atom stereocenters. The Bertz CT molecular complexity index is 538. The van der Waals surface area contributed by atoms with Crippen molar-refractivity contribution in [2.75, 3.05) is 25.1 Å². The summed E-state index contributed by atoms with van der Waals surface area (Å²) in [7, 11) is 0. The number of hydrogen-bond donors (Lipinski definition) is 1. The van der Waals surface area contributed by atoms with E-state index in [-0.39, 0.29) is 5.56 Å². The van der Waals surface area contributed by atoms with E-state index in [1.165, 1.54) is 23.7 Å². The van der Waals surface area contributed by atoms with Gasteiger partial charge in [-0.05, 0) is 25.7 Å². The Labute approximate surface area is 123 Å². The monoisotopic (exact) mass is 297 g/mol. The predicted molar refractivity (Wildman–Crippen MR) is 80.4 cm³/mol. The van der Waals surface area contributed by atoms with Crippen molar-refractivity contribution in [3.8, 4) is 0 Å². The number of halogens is 1. The van der Waals surface area contributed by atoms with E-state index >= 15 is 0 Å². The van der Waals surface area contributed by atoms with Gasteiger partial charge in [0.2, 0.25) is 0 Å². The van der Waals surface area contributed by atoms with E-state index in [1.807, 2.05) is 6.92 Å². The Hall–Kier alpha value is -1.33. The second kappa shape index (κ2) is 6.90. The molecular formula is C14H20ClN3O2. The average Bonchev–Trinajstić information content (AvgIpc) is 3.20. The number of aromatic nitrogens is 2. The van der Waals surface area contributed by atoms with Gasteiger partial charge in [-0.1, -0.05) is 23.8 Å². The molecule has 0 amide bonds. The van der Waals surface area contributed by atoms with Crippen molar-refractivity contribution in [2.24, 2.45) is 5.92 Å². The largest absolute Gasteiger partial charge is 0.377 e. The summed E-state index contributed by atoms with van der Waals surface area (Å²) >= 11 is 6.02. The van der Waals surface area contributed by atoms with Crippen LogP contribution in [0.1, 0.15) is 19.8 Å². The second-order valence-corrected chi connectivity index (χ2v) is 5.64. The highest BCUT2D eigenvalue weighted by Crippen LogP contribution is 2.30. The number of nitrogens with one attached hydrogen (secondary N) is 1. The van der Waals surface area contributed by atoms with E-state index < -0.39 is 0 Å². The molecule has 20 heavy (non-hydrogen) atoms. The molecule has 1 fully saturated rings. The molecule has 5 nitrogen and oxygen atoms in total. The summed E-state index contributed by atoms with van der Waals surface area (Å²) in [5.41, 5.74) is 1.21. The van der Waals surface area contributed by atoms with Gasteiger partial charge in [0, 0.05) is 13.1 Å². The molecular weight excluding hydrogens is 278 g/mol. The maximum atomic E-state index is 12.2. The maximum Gasteiger partial charge on any atom is 0.291 e. The maximum absolute atomic E-state index is 12.2. The van der Waals surface area contributed by atoms with Gasteiger partial charge in [0.15, 0.2) is 0 Å².